The Morgan fingerprint density at radius 3 is 3.00 bits per heavy atom. The van der Waals surface area contributed by atoms with E-state index in [1.807, 2.05) is 17.1 Å². The van der Waals surface area contributed by atoms with Gasteiger partial charge in [-0.15, -0.1) is 0 Å². The summed E-state index contributed by atoms with van der Waals surface area (Å²) >= 11 is 2.24. The minimum Gasteiger partial charge on any atom is -0.380 e. The Bertz CT molecular complexity index is 225. The van der Waals surface area contributed by atoms with Crippen LogP contribution in [0.15, 0.2) is 12.4 Å². The summed E-state index contributed by atoms with van der Waals surface area (Å²) in [6, 6.07) is 0. The van der Waals surface area contributed by atoms with Crippen molar-refractivity contribution in [1.29, 1.82) is 0 Å². The van der Waals surface area contributed by atoms with Gasteiger partial charge in [-0.2, -0.15) is 5.10 Å². The van der Waals surface area contributed by atoms with Crippen LogP contribution in [0.1, 0.15) is 13.3 Å². The van der Waals surface area contributed by atoms with Crippen molar-refractivity contribution in [3.05, 3.63) is 16.0 Å². The summed E-state index contributed by atoms with van der Waals surface area (Å²) in [5.74, 6) is 0. The number of halogens is 1. The molecule has 1 heterocycles. The molecule has 0 saturated heterocycles. The summed E-state index contributed by atoms with van der Waals surface area (Å²) in [4.78, 5) is 0. The van der Waals surface area contributed by atoms with E-state index in [0.717, 1.165) is 26.2 Å². The van der Waals surface area contributed by atoms with Crippen molar-refractivity contribution in [3.63, 3.8) is 0 Å². The van der Waals surface area contributed by atoms with Gasteiger partial charge in [0.05, 0.1) is 22.9 Å². The summed E-state index contributed by atoms with van der Waals surface area (Å²) in [6.07, 6.45) is 4.94. The second-order valence-electron chi connectivity index (χ2n) is 2.53. The van der Waals surface area contributed by atoms with Crippen molar-refractivity contribution in [2.24, 2.45) is 0 Å². The van der Waals surface area contributed by atoms with E-state index < -0.39 is 0 Å². The van der Waals surface area contributed by atoms with Gasteiger partial charge in [-0.1, -0.05) is 6.92 Å². The van der Waals surface area contributed by atoms with E-state index in [0.29, 0.717) is 0 Å². The average molecular weight is 280 g/mol. The standard InChI is InChI=1S/C8H13IN2O/c1-2-4-12-5-3-11-7-8(9)6-10-11/h6-7H,2-5H2,1H3. The van der Waals surface area contributed by atoms with Crippen LogP contribution in [-0.2, 0) is 11.3 Å². The lowest BCUT2D eigenvalue weighted by atomic mass is 10.5. The molecule has 1 aromatic rings. The Morgan fingerprint density at radius 1 is 1.58 bits per heavy atom. The normalized spacial score (nSPS) is 10.5. The Labute approximate surface area is 86.2 Å². The fraction of sp³-hybridized carbons (Fsp3) is 0.625. The fourth-order valence-electron chi connectivity index (χ4n) is 0.865. The zero-order valence-electron chi connectivity index (χ0n) is 7.16. The molecule has 0 spiro atoms. The van der Waals surface area contributed by atoms with Crippen LogP contribution in [0.4, 0.5) is 0 Å². The predicted molar refractivity (Wildman–Crippen MR) is 56.1 cm³/mol. The number of nitrogens with zero attached hydrogens (tertiary/aromatic N) is 2. The van der Waals surface area contributed by atoms with Gasteiger partial charge in [-0.05, 0) is 29.0 Å². The molecule has 3 nitrogen and oxygen atoms in total. The van der Waals surface area contributed by atoms with Crippen LogP contribution in [0.5, 0.6) is 0 Å². The highest BCUT2D eigenvalue weighted by molar-refractivity contribution is 14.1. The van der Waals surface area contributed by atoms with Crippen LogP contribution in [0, 0.1) is 3.57 Å². The molecule has 0 unspecified atom stereocenters. The van der Waals surface area contributed by atoms with Crippen LogP contribution in [0.2, 0.25) is 0 Å². The molecule has 0 fully saturated rings. The third-order valence-corrected chi connectivity index (χ3v) is 1.97. The highest BCUT2D eigenvalue weighted by Crippen LogP contribution is 2.00. The Morgan fingerprint density at radius 2 is 2.42 bits per heavy atom. The maximum Gasteiger partial charge on any atom is 0.0662 e. The molecule has 1 aromatic heterocycles. The number of hydrogen-bond acceptors (Lipinski definition) is 2. The van der Waals surface area contributed by atoms with E-state index >= 15 is 0 Å². The Hall–Kier alpha value is -0.100. The van der Waals surface area contributed by atoms with Crippen molar-refractivity contribution in [1.82, 2.24) is 9.78 Å². The van der Waals surface area contributed by atoms with E-state index in [9.17, 15) is 0 Å². The van der Waals surface area contributed by atoms with Crippen LogP contribution in [0.3, 0.4) is 0 Å². The summed E-state index contributed by atoms with van der Waals surface area (Å²) in [7, 11) is 0. The van der Waals surface area contributed by atoms with Crippen LogP contribution < -0.4 is 0 Å². The first-order valence-electron chi connectivity index (χ1n) is 4.08. The van der Waals surface area contributed by atoms with Gasteiger partial charge in [0, 0.05) is 12.8 Å². The summed E-state index contributed by atoms with van der Waals surface area (Å²) < 4.78 is 8.40. The summed E-state index contributed by atoms with van der Waals surface area (Å²) in [6.45, 7) is 4.56. The Balaban J connectivity index is 2.15. The van der Waals surface area contributed by atoms with Crippen molar-refractivity contribution in [3.8, 4) is 0 Å². The van der Waals surface area contributed by atoms with Crippen molar-refractivity contribution in [2.75, 3.05) is 13.2 Å². The van der Waals surface area contributed by atoms with Crippen molar-refractivity contribution in [2.45, 2.75) is 19.9 Å². The molecule has 0 aromatic carbocycles. The lowest BCUT2D eigenvalue weighted by molar-refractivity contribution is 0.124. The number of hydrogen-bond donors (Lipinski definition) is 0. The first-order valence-corrected chi connectivity index (χ1v) is 5.16. The third-order valence-electron chi connectivity index (χ3n) is 1.41. The number of aromatic nitrogens is 2. The molecule has 0 aliphatic carbocycles. The molecule has 12 heavy (non-hydrogen) atoms. The molecule has 0 atom stereocenters. The van der Waals surface area contributed by atoms with Crippen LogP contribution in [0.25, 0.3) is 0 Å². The van der Waals surface area contributed by atoms with Gasteiger partial charge in [0.2, 0.25) is 0 Å². The monoisotopic (exact) mass is 280 g/mol. The SMILES string of the molecule is CCCOCCn1cc(I)cn1. The molecule has 0 aliphatic rings. The maximum atomic E-state index is 5.33. The first-order chi connectivity index (χ1) is 5.83. The summed E-state index contributed by atoms with van der Waals surface area (Å²) in [5, 5.41) is 4.14. The van der Waals surface area contributed by atoms with Gasteiger partial charge in [-0.3, -0.25) is 4.68 Å². The van der Waals surface area contributed by atoms with E-state index in [-0.39, 0.29) is 0 Å². The quantitative estimate of drug-likeness (QED) is 0.608. The molecule has 0 radical (unpaired) electrons. The molecule has 0 amide bonds. The molecular weight excluding hydrogens is 267 g/mol. The first kappa shape index (κ1) is 9.98. The molecule has 68 valence electrons. The molecule has 0 N–H and O–H groups in total. The van der Waals surface area contributed by atoms with Crippen LogP contribution in [-0.4, -0.2) is 23.0 Å². The van der Waals surface area contributed by atoms with Gasteiger partial charge in [0.25, 0.3) is 0 Å². The smallest absolute Gasteiger partial charge is 0.0662 e. The van der Waals surface area contributed by atoms with Gasteiger partial charge >= 0.3 is 0 Å². The van der Waals surface area contributed by atoms with E-state index in [2.05, 4.69) is 34.6 Å². The molecule has 4 heteroatoms. The largest absolute Gasteiger partial charge is 0.380 e. The van der Waals surface area contributed by atoms with E-state index in [1.165, 1.54) is 3.57 Å². The fourth-order valence-corrected chi connectivity index (χ4v) is 1.31. The minimum absolute atomic E-state index is 0.756. The zero-order chi connectivity index (χ0) is 8.81. The van der Waals surface area contributed by atoms with Gasteiger partial charge in [-0.25, -0.2) is 0 Å². The third kappa shape index (κ3) is 3.53. The summed E-state index contributed by atoms with van der Waals surface area (Å²) in [5.41, 5.74) is 0. The van der Waals surface area contributed by atoms with Crippen LogP contribution >= 0.6 is 22.6 Å². The zero-order valence-corrected chi connectivity index (χ0v) is 9.32. The van der Waals surface area contributed by atoms with Crippen molar-refractivity contribution >= 4 is 22.6 Å². The molecule has 0 saturated carbocycles. The minimum atomic E-state index is 0.756. The average Bonchev–Trinajstić information content (AvgIpc) is 2.45. The molecule has 0 bridgehead atoms. The second kappa shape index (κ2) is 5.53. The maximum absolute atomic E-state index is 5.33. The molecular formula is C8H13IN2O. The second-order valence-corrected chi connectivity index (χ2v) is 3.78. The Kier molecular flexibility index (Phi) is 4.60. The van der Waals surface area contributed by atoms with Gasteiger partial charge in [0.1, 0.15) is 0 Å². The number of ether oxygens (including phenoxy) is 1. The van der Waals surface area contributed by atoms with Gasteiger partial charge < -0.3 is 4.74 Å². The van der Waals surface area contributed by atoms with Crippen molar-refractivity contribution < 1.29 is 4.74 Å². The highest BCUT2D eigenvalue weighted by Gasteiger charge is 1.93. The lowest BCUT2D eigenvalue weighted by Crippen LogP contribution is -2.06. The predicted octanol–water partition coefficient (Wildman–Crippen LogP) is 1.91. The number of rotatable bonds is 5. The molecule has 0 aliphatic heterocycles. The topological polar surface area (TPSA) is 27.1 Å². The van der Waals surface area contributed by atoms with Gasteiger partial charge in [0.15, 0.2) is 0 Å². The van der Waals surface area contributed by atoms with E-state index in [1.54, 1.807) is 0 Å². The highest BCUT2D eigenvalue weighted by atomic mass is 127. The molecule has 1 rings (SSSR count). The lowest BCUT2D eigenvalue weighted by Gasteiger charge is -2.01. The van der Waals surface area contributed by atoms with E-state index in [4.69, 9.17) is 4.74 Å².